The van der Waals surface area contributed by atoms with Crippen molar-refractivity contribution in [3.05, 3.63) is 52.5 Å². The van der Waals surface area contributed by atoms with Crippen LogP contribution in [0, 0.1) is 13.8 Å². The van der Waals surface area contributed by atoms with Crippen LogP contribution in [0.4, 0.5) is 5.69 Å². The number of aromatic amines is 1. The standard InChI is InChI=1S/C17H19N3O2S2/c1-4-13-5-7-14(8-6-13)20-24(21,22)17-10-16(23-12(17)3)15-9-11(2)18-19-15/h5-10,20H,4H2,1-3H3,(H,18,19). The lowest BCUT2D eigenvalue weighted by Crippen LogP contribution is -2.13. The molecule has 3 aromatic rings. The number of aromatic nitrogens is 2. The maximum Gasteiger partial charge on any atom is 0.263 e. The predicted molar refractivity (Wildman–Crippen MR) is 98.0 cm³/mol. The molecule has 0 fully saturated rings. The molecular weight excluding hydrogens is 342 g/mol. The minimum atomic E-state index is -3.62. The molecule has 0 spiro atoms. The van der Waals surface area contributed by atoms with Gasteiger partial charge in [-0.2, -0.15) is 5.10 Å². The number of benzene rings is 1. The van der Waals surface area contributed by atoms with Crippen molar-refractivity contribution in [3.63, 3.8) is 0 Å². The molecule has 0 saturated carbocycles. The molecule has 126 valence electrons. The van der Waals surface area contributed by atoms with Crippen LogP contribution in [0.2, 0.25) is 0 Å². The summed E-state index contributed by atoms with van der Waals surface area (Å²) in [5.41, 5.74) is 3.43. The number of anilines is 1. The highest BCUT2D eigenvalue weighted by molar-refractivity contribution is 7.93. The van der Waals surface area contributed by atoms with E-state index in [4.69, 9.17) is 0 Å². The van der Waals surface area contributed by atoms with Crippen LogP contribution >= 0.6 is 11.3 Å². The molecule has 5 nitrogen and oxygen atoms in total. The van der Waals surface area contributed by atoms with Crippen molar-refractivity contribution in [2.24, 2.45) is 0 Å². The first-order valence-corrected chi connectivity index (χ1v) is 9.93. The number of hydrogen-bond donors (Lipinski definition) is 2. The second-order valence-electron chi connectivity index (χ2n) is 5.62. The summed E-state index contributed by atoms with van der Waals surface area (Å²) in [6.45, 7) is 5.78. The average Bonchev–Trinajstić information content (AvgIpc) is 3.14. The van der Waals surface area contributed by atoms with Crippen molar-refractivity contribution in [3.8, 4) is 10.6 Å². The summed E-state index contributed by atoms with van der Waals surface area (Å²) in [4.78, 5) is 1.87. The molecule has 0 aliphatic heterocycles. The zero-order chi connectivity index (χ0) is 17.3. The van der Waals surface area contributed by atoms with Gasteiger partial charge in [0.25, 0.3) is 10.0 Å². The van der Waals surface area contributed by atoms with E-state index in [1.807, 2.05) is 32.0 Å². The minimum Gasteiger partial charge on any atom is -0.282 e. The van der Waals surface area contributed by atoms with Crippen LogP contribution in [-0.4, -0.2) is 18.6 Å². The van der Waals surface area contributed by atoms with Gasteiger partial charge in [0.1, 0.15) is 10.6 Å². The van der Waals surface area contributed by atoms with Crippen LogP contribution in [0.1, 0.15) is 23.1 Å². The van der Waals surface area contributed by atoms with Crippen LogP contribution < -0.4 is 4.72 Å². The van der Waals surface area contributed by atoms with E-state index in [1.54, 1.807) is 18.2 Å². The van der Waals surface area contributed by atoms with E-state index < -0.39 is 10.0 Å². The van der Waals surface area contributed by atoms with E-state index in [0.717, 1.165) is 27.6 Å². The number of nitrogens with one attached hydrogen (secondary N) is 2. The number of hydrogen-bond acceptors (Lipinski definition) is 4. The fourth-order valence-corrected chi connectivity index (χ4v) is 5.03. The fraction of sp³-hybridized carbons (Fsp3) is 0.235. The molecule has 0 aliphatic carbocycles. The van der Waals surface area contributed by atoms with E-state index in [-0.39, 0.29) is 0 Å². The SMILES string of the molecule is CCc1ccc(NS(=O)(=O)c2cc(-c3cc(C)[nH]n3)sc2C)cc1. The highest BCUT2D eigenvalue weighted by atomic mass is 32.2. The van der Waals surface area contributed by atoms with Crippen LogP contribution in [0.5, 0.6) is 0 Å². The van der Waals surface area contributed by atoms with Gasteiger partial charge in [0.15, 0.2) is 0 Å². The van der Waals surface area contributed by atoms with Gasteiger partial charge >= 0.3 is 0 Å². The van der Waals surface area contributed by atoms with E-state index in [9.17, 15) is 8.42 Å². The Morgan fingerprint density at radius 2 is 1.88 bits per heavy atom. The van der Waals surface area contributed by atoms with Crippen molar-refractivity contribution in [2.75, 3.05) is 4.72 Å². The smallest absolute Gasteiger partial charge is 0.263 e. The van der Waals surface area contributed by atoms with Crippen LogP contribution in [0.25, 0.3) is 10.6 Å². The second-order valence-corrected chi connectivity index (χ2v) is 8.53. The van der Waals surface area contributed by atoms with Crippen molar-refractivity contribution < 1.29 is 8.42 Å². The van der Waals surface area contributed by atoms with E-state index in [0.29, 0.717) is 10.6 Å². The molecule has 0 bridgehead atoms. The lowest BCUT2D eigenvalue weighted by molar-refractivity contribution is 0.601. The van der Waals surface area contributed by atoms with Crippen LogP contribution in [0.3, 0.4) is 0 Å². The summed E-state index contributed by atoms with van der Waals surface area (Å²) >= 11 is 1.42. The van der Waals surface area contributed by atoms with Gasteiger partial charge in [-0.05, 0) is 50.1 Å². The minimum absolute atomic E-state index is 0.294. The third kappa shape index (κ3) is 3.37. The van der Waals surface area contributed by atoms with Gasteiger partial charge in [-0.15, -0.1) is 11.3 Å². The number of sulfonamides is 1. The van der Waals surface area contributed by atoms with Gasteiger partial charge < -0.3 is 0 Å². The molecule has 2 heterocycles. The first-order valence-electron chi connectivity index (χ1n) is 7.63. The second kappa shape index (κ2) is 6.41. The van der Waals surface area contributed by atoms with Gasteiger partial charge in [-0.25, -0.2) is 8.42 Å². The van der Waals surface area contributed by atoms with Crippen molar-refractivity contribution in [1.82, 2.24) is 10.2 Å². The Hall–Kier alpha value is -2.12. The average molecular weight is 361 g/mol. The van der Waals surface area contributed by atoms with Gasteiger partial charge in [0.05, 0.1) is 4.88 Å². The Kier molecular flexibility index (Phi) is 4.47. The molecule has 7 heteroatoms. The Morgan fingerprint density at radius 1 is 1.17 bits per heavy atom. The summed E-state index contributed by atoms with van der Waals surface area (Å²) < 4.78 is 28.0. The van der Waals surface area contributed by atoms with Gasteiger partial charge in [0.2, 0.25) is 0 Å². The number of H-pyrrole nitrogens is 1. The Balaban J connectivity index is 1.90. The normalized spacial score (nSPS) is 11.6. The highest BCUT2D eigenvalue weighted by Gasteiger charge is 2.21. The molecule has 24 heavy (non-hydrogen) atoms. The lowest BCUT2D eigenvalue weighted by atomic mass is 10.2. The van der Waals surface area contributed by atoms with Crippen molar-refractivity contribution >= 4 is 27.0 Å². The molecule has 0 saturated heterocycles. The van der Waals surface area contributed by atoms with Gasteiger partial charge in [-0.1, -0.05) is 19.1 Å². The molecule has 0 radical (unpaired) electrons. The van der Waals surface area contributed by atoms with Gasteiger partial charge in [0, 0.05) is 16.3 Å². The number of aryl methyl sites for hydroxylation is 3. The lowest BCUT2D eigenvalue weighted by Gasteiger charge is -2.08. The maximum atomic E-state index is 12.7. The molecule has 0 aliphatic rings. The van der Waals surface area contributed by atoms with E-state index in [2.05, 4.69) is 21.8 Å². The fourth-order valence-electron chi connectivity index (χ4n) is 2.42. The Morgan fingerprint density at radius 3 is 2.46 bits per heavy atom. The topological polar surface area (TPSA) is 74.8 Å². The first kappa shape index (κ1) is 16.7. The summed E-state index contributed by atoms with van der Waals surface area (Å²) in [7, 11) is -3.62. The summed E-state index contributed by atoms with van der Waals surface area (Å²) in [6.07, 6.45) is 0.920. The molecule has 3 rings (SSSR count). The number of thiophene rings is 1. The molecule has 0 amide bonds. The molecule has 1 aromatic carbocycles. The Labute approximate surface area is 145 Å². The van der Waals surface area contributed by atoms with E-state index >= 15 is 0 Å². The highest BCUT2D eigenvalue weighted by Crippen LogP contribution is 2.33. The molecule has 0 unspecified atom stereocenters. The quantitative estimate of drug-likeness (QED) is 0.718. The third-order valence-electron chi connectivity index (χ3n) is 3.73. The summed E-state index contributed by atoms with van der Waals surface area (Å²) in [5, 5.41) is 7.07. The zero-order valence-electron chi connectivity index (χ0n) is 13.8. The third-order valence-corrected chi connectivity index (χ3v) is 6.44. The first-order chi connectivity index (χ1) is 11.4. The molecular formula is C17H19N3O2S2. The van der Waals surface area contributed by atoms with Crippen molar-refractivity contribution in [1.29, 1.82) is 0 Å². The number of nitrogens with zero attached hydrogens (tertiary/aromatic N) is 1. The van der Waals surface area contributed by atoms with Crippen molar-refractivity contribution in [2.45, 2.75) is 32.1 Å². The molecule has 0 atom stereocenters. The Bertz CT molecular complexity index is 954. The largest absolute Gasteiger partial charge is 0.282 e. The molecule has 2 N–H and O–H groups in total. The van der Waals surface area contributed by atoms with Crippen LogP contribution in [0.15, 0.2) is 41.3 Å². The molecule has 2 aromatic heterocycles. The van der Waals surface area contributed by atoms with Gasteiger partial charge in [-0.3, -0.25) is 9.82 Å². The monoisotopic (exact) mass is 361 g/mol. The van der Waals surface area contributed by atoms with E-state index in [1.165, 1.54) is 16.9 Å². The predicted octanol–water partition coefficient (Wildman–Crippen LogP) is 4.12. The summed E-state index contributed by atoms with van der Waals surface area (Å²) in [6, 6.07) is 11.0. The summed E-state index contributed by atoms with van der Waals surface area (Å²) in [5.74, 6) is 0. The maximum absolute atomic E-state index is 12.7. The zero-order valence-corrected chi connectivity index (χ0v) is 15.4. The number of rotatable bonds is 5. The van der Waals surface area contributed by atoms with Crippen LogP contribution in [-0.2, 0) is 16.4 Å².